The Morgan fingerprint density at radius 1 is 0.900 bits per heavy atom. The van der Waals surface area contributed by atoms with E-state index < -0.39 is 10.0 Å². The summed E-state index contributed by atoms with van der Waals surface area (Å²) < 4.78 is 32.6. The Kier molecular flexibility index (Phi) is 7.21. The molecule has 0 unspecified atom stereocenters. The lowest BCUT2D eigenvalue weighted by atomic mass is 10.2. The molecule has 0 aromatic heterocycles. The molecule has 1 amide bonds. The highest BCUT2D eigenvalue weighted by Gasteiger charge is 2.13. The summed E-state index contributed by atoms with van der Waals surface area (Å²) in [4.78, 5) is 12.3. The summed E-state index contributed by atoms with van der Waals surface area (Å²) in [5.74, 6) is 0.419. The smallest absolute Gasteiger partial charge is 0.240 e. The molecule has 30 heavy (non-hydrogen) atoms. The molecule has 0 saturated heterocycles. The summed E-state index contributed by atoms with van der Waals surface area (Å²) in [5, 5.41) is 2.75. The topological polar surface area (TPSA) is 84.5 Å². The average Bonchev–Trinajstić information content (AvgIpc) is 2.74. The highest BCUT2D eigenvalue weighted by Crippen LogP contribution is 2.17. The predicted molar refractivity (Wildman–Crippen MR) is 117 cm³/mol. The van der Waals surface area contributed by atoms with E-state index in [4.69, 9.17) is 4.74 Å². The minimum absolute atomic E-state index is 0.0142. The first kappa shape index (κ1) is 21.5. The Morgan fingerprint density at radius 2 is 1.57 bits per heavy atom. The van der Waals surface area contributed by atoms with Crippen LogP contribution in [0.3, 0.4) is 0 Å². The maximum atomic E-state index is 12.2. The lowest BCUT2D eigenvalue weighted by Crippen LogP contribution is -2.27. The molecule has 0 aliphatic heterocycles. The molecule has 0 radical (unpaired) electrons. The third kappa shape index (κ3) is 6.43. The van der Waals surface area contributed by atoms with Gasteiger partial charge in [0.1, 0.15) is 12.4 Å². The standard InChI is InChI=1S/C23H24N2O4S/c1-18-7-13-22(14-8-18)30(27,28)24-16-15-23(26)25-20-9-11-21(12-10-20)29-17-19-5-3-2-4-6-19/h2-14,24H,15-17H2,1H3,(H,25,26). The number of hydrogen-bond donors (Lipinski definition) is 2. The summed E-state index contributed by atoms with van der Waals surface area (Å²) in [7, 11) is -3.63. The van der Waals surface area contributed by atoms with E-state index in [1.54, 1.807) is 48.5 Å². The Bertz CT molecular complexity index is 1060. The maximum absolute atomic E-state index is 12.2. The summed E-state index contributed by atoms with van der Waals surface area (Å²) in [6.45, 7) is 2.37. The monoisotopic (exact) mass is 424 g/mol. The number of hydrogen-bond acceptors (Lipinski definition) is 4. The van der Waals surface area contributed by atoms with Gasteiger partial charge in [0.05, 0.1) is 4.90 Å². The molecule has 0 aliphatic rings. The molecule has 0 saturated carbocycles. The molecule has 0 spiro atoms. The highest BCUT2D eigenvalue weighted by atomic mass is 32.2. The third-order valence-corrected chi connectivity index (χ3v) is 5.84. The largest absolute Gasteiger partial charge is 0.489 e. The van der Waals surface area contributed by atoms with Gasteiger partial charge in [0.2, 0.25) is 15.9 Å². The van der Waals surface area contributed by atoms with Gasteiger partial charge < -0.3 is 10.1 Å². The van der Waals surface area contributed by atoms with E-state index >= 15 is 0 Å². The second-order valence-corrected chi connectivity index (χ2v) is 8.57. The zero-order valence-corrected chi connectivity index (χ0v) is 17.5. The fraction of sp³-hybridized carbons (Fsp3) is 0.174. The van der Waals surface area contributed by atoms with Crippen LogP contribution in [0.5, 0.6) is 5.75 Å². The third-order valence-electron chi connectivity index (χ3n) is 4.36. The summed E-state index contributed by atoms with van der Waals surface area (Å²) >= 11 is 0. The van der Waals surface area contributed by atoms with Gasteiger partial charge in [-0.05, 0) is 48.9 Å². The first-order valence-electron chi connectivity index (χ1n) is 9.55. The van der Waals surface area contributed by atoms with Crippen LogP contribution in [0.25, 0.3) is 0 Å². The van der Waals surface area contributed by atoms with Crippen LogP contribution in [0, 0.1) is 6.92 Å². The molecule has 0 bridgehead atoms. The van der Waals surface area contributed by atoms with Crippen molar-refractivity contribution in [2.24, 2.45) is 0 Å². The van der Waals surface area contributed by atoms with Crippen LogP contribution in [-0.2, 0) is 21.4 Å². The van der Waals surface area contributed by atoms with E-state index in [9.17, 15) is 13.2 Å². The first-order chi connectivity index (χ1) is 14.4. The lowest BCUT2D eigenvalue weighted by Gasteiger charge is -2.09. The number of nitrogens with one attached hydrogen (secondary N) is 2. The second kappa shape index (κ2) is 10.0. The van der Waals surface area contributed by atoms with E-state index in [1.165, 1.54) is 0 Å². The molecule has 7 heteroatoms. The zero-order valence-electron chi connectivity index (χ0n) is 16.7. The minimum Gasteiger partial charge on any atom is -0.489 e. The molecular formula is C23H24N2O4S. The van der Waals surface area contributed by atoms with Gasteiger partial charge in [-0.15, -0.1) is 0 Å². The number of carbonyl (C=O) groups is 1. The molecule has 3 aromatic carbocycles. The van der Waals surface area contributed by atoms with Gasteiger partial charge in [-0.1, -0.05) is 48.0 Å². The zero-order chi connectivity index (χ0) is 21.4. The van der Waals surface area contributed by atoms with Crippen LogP contribution >= 0.6 is 0 Å². The van der Waals surface area contributed by atoms with Crippen LogP contribution in [0.15, 0.2) is 83.8 Å². The molecule has 0 heterocycles. The summed E-state index contributed by atoms with van der Waals surface area (Å²) in [5.41, 5.74) is 2.67. The Morgan fingerprint density at radius 3 is 2.23 bits per heavy atom. The first-order valence-corrected chi connectivity index (χ1v) is 11.0. The molecule has 3 rings (SSSR count). The number of carbonyl (C=O) groups excluding carboxylic acids is 1. The number of ether oxygens (including phenoxy) is 1. The van der Waals surface area contributed by atoms with Gasteiger partial charge in [0.25, 0.3) is 0 Å². The van der Waals surface area contributed by atoms with Crippen molar-refractivity contribution < 1.29 is 17.9 Å². The number of benzene rings is 3. The van der Waals surface area contributed by atoms with E-state index in [0.717, 1.165) is 11.1 Å². The molecule has 3 aromatic rings. The average molecular weight is 425 g/mol. The minimum atomic E-state index is -3.63. The van der Waals surface area contributed by atoms with Crippen molar-refractivity contribution in [2.45, 2.75) is 24.8 Å². The Labute approximate surface area is 177 Å². The van der Waals surface area contributed by atoms with Crippen molar-refractivity contribution in [3.05, 3.63) is 90.0 Å². The predicted octanol–water partition coefficient (Wildman–Crippen LogP) is 3.88. The molecular weight excluding hydrogens is 400 g/mol. The Hall–Kier alpha value is -3.16. The van der Waals surface area contributed by atoms with Gasteiger partial charge in [-0.2, -0.15) is 0 Å². The quantitative estimate of drug-likeness (QED) is 0.546. The van der Waals surface area contributed by atoms with Gasteiger partial charge in [-0.3, -0.25) is 4.79 Å². The van der Waals surface area contributed by atoms with Crippen molar-refractivity contribution in [1.29, 1.82) is 0 Å². The van der Waals surface area contributed by atoms with Crippen molar-refractivity contribution in [3.63, 3.8) is 0 Å². The summed E-state index contributed by atoms with van der Waals surface area (Å²) in [6, 6.07) is 23.4. The molecule has 0 fully saturated rings. The SMILES string of the molecule is Cc1ccc(S(=O)(=O)NCCC(=O)Nc2ccc(OCc3ccccc3)cc2)cc1. The van der Waals surface area contributed by atoms with Gasteiger partial charge in [0, 0.05) is 18.7 Å². The van der Waals surface area contributed by atoms with Crippen molar-refractivity contribution in [2.75, 3.05) is 11.9 Å². The van der Waals surface area contributed by atoms with Crippen molar-refractivity contribution >= 4 is 21.6 Å². The van der Waals surface area contributed by atoms with Crippen LogP contribution < -0.4 is 14.8 Å². The number of aryl methyl sites for hydroxylation is 1. The molecule has 6 nitrogen and oxygen atoms in total. The van der Waals surface area contributed by atoms with Gasteiger partial charge >= 0.3 is 0 Å². The number of rotatable bonds is 9. The lowest BCUT2D eigenvalue weighted by molar-refractivity contribution is -0.116. The van der Waals surface area contributed by atoms with E-state index in [-0.39, 0.29) is 23.8 Å². The van der Waals surface area contributed by atoms with Crippen LogP contribution in [0.2, 0.25) is 0 Å². The molecule has 2 N–H and O–H groups in total. The number of anilines is 1. The van der Waals surface area contributed by atoms with Crippen LogP contribution in [0.1, 0.15) is 17.5 Å². The van der Waals surface area contributed by atoms with E-state index in [1.807, 2.05) is 37.3 Å². The normalized spacial score (nSPS) is 11.1. The fourth-order valence-electron chi connectivity index (χ4n) is 2.70. The molecule has 156 valence electrons. The molecule has 0 aliphatic carbocycles. The van der Waals surface area contributed by atoms with Crippen molar-refractivity contribution in [3.8, 4) is 5.75 Å². The number of amides is 1. The second-order valence-electron chi connectivity index (χ2n) is 6.81. The van der Waals surface area contributed by atoms with E-state index in [0.29, 0.717) is 18.0 Å². The van der Waals surface area contributed by atoms with Crippen LogP contribution in [-0.4, -0.2) is 20.9 Å². The maximum Gasteiger partial charge on any atom is 0.240 e. The van der Waals surface area contributed by atoms with Gasteiger partial charge in [0.15, 0.2) is 0 Å². The van der Waals surface area contributed by atoms with Gasteiger partial charge in [-0.25, -0.2) is 13.1 Å². The Balaban J connectivity index is 1.44. The highest BCUT2D eigenvalue weighted by molar-refractivity contribution is 7.89. The fourth-order valence-corrected chi connectivity index (χ4v) is 3.73. The van der Waals surface area contributed by atoms with Crippen molar-refractivity contribution in [1.82, 2.24) is 4.72 Å². The van der Waals surface area contributed by atoms with Crippen LogP contribution in [0.4, 0.5) is 5.69 Å². The number of sulfonamides is 1. The molecule has 0 atom stereocenters. The van der Waals surface area contributed by atoms with E-state index in [2.05, 4.69) is 10.0 Å². The summed E-state index contributed by atoms with van der Waals surface area (Å²) in [6.07, 6.45) is 0.0251.